The Morgan fingerprint density at radius 2 is 1.81 bits per heavy atom. The maximum Gasteiger partial charge on any atom is 0.221 e. The molecule has 1 saturated carbocycles. The number of rotatable bonds is 6. The van der Waals surface area contributed by atoms with Gasteiger partial charge in [-0.3, -0.25) is 4.79 Å². The Bertz CT molecular complexity index is 433. The Labute approximate surface area is 128 Å². The van der Waals surface area contributed by atoms with Crippen LogP contribution in [0.4, 0.5) is 5.69 Å². The number of nitrogens with one attached hydrogen (secondary N) is 2. The molecule has 1 fully saturated rings. The third kappa shape index (κ3) is 5.88. The first-order valence-corrected chi connectivity index (χ1v) is 8.20. The van der Waals surface area contributed by atoms with Gasteiger partial charge in [-0.2, -0.15) is 0 Å². The summed E-state index contributed by atoms with van der Waals surface area (Å²) in [5, 5.41) is 6.32. The Kier molecular flexibility index (Phi) is 6.24. The van der Waals surface area contributed by atoms with Crippen LogP contribution in [0.2, 0.25) is 0 Å². The van der Waals surface area contributed by atoms with Crippen molar-refractivity contribution in [2.75, 3.05) is 11.9 Å². The topological polar surface area (TPSA) is 41.1 Å². The zero-order valence-electron chi connectivity index (χ0n) is 13.3. The third-order valence-electron chi connectivity index (χ3n) is 4.47. The number of amides is 1. The van der Waals surface area contributed by atoms with Crippen LogP contribution in [0, 0.1) is 11.8 Å². The number of carbonyl (C=O) groups excluding carboxylic acids is 1. The van der Waals surface area contributed by atoms with Gasteiger partial charge in [-0.1, -0.05) is 44.7 Å². The molecular formula is C18H28N2O. The molecule has 0 heterocycles. The van der Waals surface area contributed by atoms with E-state index in [0.29, 0.717) is 0 Å². The number of hydrogen-bond donors (Lipinski definition) is 2. The van der Waals surface area contributed by atoms with E-state index in [9.17, 15) is 4.79 Å². The van der Waals surface area contributed by atoms with Crippen molar-refractivity contribution >= 4 is 11.6 Å². The Morgan fingerprint density at radius 3 is 2.43 bits per heavy atom. The van der Waals surface area contributed by atoms with Crippen LogP contribution in [-0.2, 0) is 11.3 Å². The van der Waals surface area contributed by atoms with Gasteiger partial charge in [-0.05, 0) is 42.5 Å². The summed E-state index contributed by atoms with van der Waals surface area (Å²) in [4.78, 5) is 11.0. The quantitative estimate of drug-likeness (QED) is 0.778. The van der Waals surface area contributed by atoms with E-state index in [1.54, 1.807) is 0 Å². The Morgan fingerprint density at radius 1 is 1.14 bits per heavy atom. The van der Waals surface area contributed by atoms with E-state index in [-0.39, 0.29) is 5.91 Å². The second-order valence-corrected chi connectivity index (χ2v) is 6.47. The minimum atomic E-state index is -0.0253. The molecule has 1 aliphatic rings. The van der Waals surface area contributed by atoms with Gasteiger partial charge in [0.15, 0.2) is 0 Å². The standard InChI is InChI=1S/C18H28N2O/c1-14-3-5-16(6-4-14)11-12-19-13-17-7-9-18(10-8-17)20-15(2)21/h7-10,14,16,19H,3-6,11-13H2,1-2H3,(H,20,21). The monoisotopic (exact) mass is 288 g/mol. The molecule has 21 heavy (non-hydrogen) atoms. The summed E-state index contributed by atoms with van der Waals surface area (Å²) in [6.45, 7) is 5.91. The number of hydrogen-bond acceptors (Lipinski definition) is 2. The molecule has 1 aromatic rings. The Hall–Kier alpha value is -1.35. The average Bonchev–Trinajstić information content (AvgIpc) is 2.46. The van der Waals surface area contributed by atoms with Gasteiger partial charge in [0.2, 0.25) is 5.91 Å². The van der Waals surface area contributed by atoms with Crippen molar-refractivity contribution in [2.45, 2.75) is 52.5 Å². The van der Waals surface area contributed by atoms with Crippen LogP contribution < -0.4 is 10.6 Å². The lowest BCUT2D eigenvalue weighted by molar-refractivity contribution is -0.114. The van der Waals surface area contributed by atoms with Crippen LogP contribution in [-0.4, -0.2) is 12.5 Å². The molecule has 0 atom stereocenters. The van der Waals surface area contributed by atoms with Crippen LogP contribution in [0.3, 0.4) is 0 Å². The molecule has 0 bridgehead atoms. The van der Waals surface area contributed by atoms with Crippen LogP contribution in [0.5, 0.6) is 0 Å². The second kappa shape index (κ2) is 8.18. The summed E-state index contributed by atoms with van der Waals surface area (Å²) >= 11 is 0. The molecule has 3 heteroatoms. The molecule has 1 aliphatic carbocycles. The zero-order chi connectivity index (χ0) is 15.1. The highest BCUT2D eigenvalue weighted by Crippen LogP contribution is 2.29. The molecule has 0 aliphatic heterocycles. The summed E-state index contributed by atoms with van der Waals surface area (Å²) in [6.07, 6.45) is 6.95. The molecule has 3 nitrogen and oxygen atoms in total. The fourth-order valence-corrected chi connectivity index (χ4v) is 3.07. The zero-order valence-corrected chi connectivity index (χ0v) is 13.3. The van der Waals surface area contributed by atoms with Gasteiger partial charge < -0.3 is 10.6 Å². The second-order valence-electron chi connectivity index (χ2n) is 6.47. The van der Waals surface area contributed by atoms with E-state index >= 15 is 0 Å². The molecule has 116 valence electrons. The summed E-state index contributed by atoms with van der Waals surface area (Å²) in [5.74, 6) is 1.84. The van der Waals surface area contributed by atoms with Crippen LogP contribution in [0.25, 0.3) is 0 Å². The molecule has 0 unspecified atom stereocenters. The Balaban J connectivity index is 1.63. The maximum atomic E-state index is 11.0. The lowest BCUT2D eigenvalue weighted by atomic mass is 9.81. The molecule has 1 aromatic carbocycles. The van der Waals surface area contributed by atoms with Gasteiger partial charge in [0.1, 0.15) is 0 Å². The van der Waals surface area contributed by atoms with E-state index in [4.69, 9.17) is 0 Å². The molecule has 2 N–H and O–H groups in total. The summed E-state index contributed by atoms with van der Waals surface area (Å²) < 4.78 is 0. The van der Waals surface area contributed by atoms with Gasteiger partial charge in [0, 0.05) is 19.2 Å². The van der Waals surface area contributed by atoms with Crippen LogP contribution >= 0.6 is 0 Å². The highest BCUT2D eigenvalue weighted by atomic mass is 16.1. The van der Waals surface area contributed by atoms with Crippen molar-refractivity contribution in [3.8, 4) is 0 Å². The summed E-state index contributed by atoms with van der Waals surface area (Å²) in [6, 6.07) is 8.06. The maximum absolute atomic E-state index is 11.0. The lowest BCUT2D eigenvalue weighted by Crippen LogP contribution is -2.20. The fraction of sp³-hybridized carbons (Fsp3) is 0.611. The van der Waals surface area contributed by atoms with E-state index in [1.165, 1.54) is 44.6 Å². The molecule has 2 rings (SSSR count). The smallest absolute Gasteiger partial charge is 0.221 e. The molecule has 1 amide bonds. The highest BCUT2D eigenvalue weighted by molar-refractivity contribution is 5.88. The molecular weight excluding hydrogens is 260 g/mol. The molecule has 0 spiro atoms. The average molecular weight is 288 g/mol. The van der Waals surface area contributed by atoms with Gasteiger partial charge >= 0.3 is 0 Å². The molecule has 0 saturated heterocycles. The van der Waals surface area contributed by atoms with Crippen LogP contribution in [0.1, 0.15) is 51.5 Å². The number of benzene rings is 1. The third-order valence-corrected chi connectivity index (χ3v) is 4.47. The van der Waals surface area contributed by atoms with Crippen molar-refractivity contribution in [3.05, 3.63) is 29.8 Å². The van der Waals surface area contributed by atoms with E-state index in [1.807, 2.05) is 12.1 Å². The van der Waals surface area contributed by atoms with Gasteiger partial charge in [0.25, 0.3) is 0 Å². The minimum absolute atomic E-state index is 0.0253. The van der Waals surface area contributed by atoms with Gasteiger partial charge in [-0.15, -0.1) is 0 Å². The van der Waals surface area contributed by atoms with Gasteiger partial charge in [0.05, 0.1) is 0 Å². The fourth-order valence-electron chi connectivity index (χ4n) is 3.07. The molecule has 0 aromatic heterocycles. The predicted octanol–water partition coefficient (Wildman–Crippen LogP) is 3.95. The minimum Gasteiger partial charge on any atom is -0.326 e. The van der Waals surface area contributed by atoms with Crippen molar-refractivity contribution in [1.82, 2.24) is 5.32 Å². The van der Waals surface area contributed by atoms with Gasteiger partial charge in [-0.25, -0.2) is 0 Å². The van der Waals surface area contributed by atoms with E-state index in [0.717, 1.165) is 30.6 Å². The van der Waals surface area contributed by atoms with Crippen molar-refractivity contribution in [3.63, 3.8) is 0 Å². The summed E-state index contributed by atoms with van der Waals surface area (Å²) in [7, 11) is 0. The molecule has 0 radical (unpaired) electrons. The lowest BCUT2D eigenvalue weighted by Gasteiger charge is -2.26. The van der Waals surface area contributed by atoms with Crippen LogP contribution in [0.15, 0.2) is 24.3 Å². The first-order valence-electron chi connectivity index (χ1n) is 8.20. The summed E-state index contributed by atoms with van der Waals surface area (Å²) in [5.41, 5.74) is 2.13. The first kappa shape index (κ1) is 16.0. The van der Waals surface area contributed by atoms with Crippen molar-refractivity contribution < 1.29 is 4.79 Å². The predicted molar refractivity (Wildman–Crippen MR) is 88.2 cm³/mol. The van der Waals surface area contributed by atoms with Crippen molar-refractivity contribution in [2.24, 2.45) is 11.8 Å². The first-order chi connectivity index (χ1) is 10.1. The largest absolute Gasteiger partial charge is 0.326 e. The van der Waals surface area contributed by atoms with E-state index < -0.39 is 0 Å². The SMILES string of the molecule is CC(=O)Nc1ccc(CNCCC2CCC(C)CC2)cc1. The van der Waals surface area contributed by atoms with E-state index in [2.05, 4.69) is 29.7 Å². The number of carbonyl (C=O) groups is 1. The van der Waals surface area contributed by atoms with Crippen molar-refractivity contribution in [1.29, 1.82) is 0 Å². The highest BCUT2D eigenvalue weighted by Gasteiger charge is 2.17. The number of anilines is 1. The normalized spacial score (nSPS) is 22.0.